The maximum absolute atomic E-state index is 6.08. The summed E-state index contributed by atoms with van der Waals surface area (Å²) in [5, 5.41) is 1.34. The number of nitrogens with two attached hydrogens (primary N) is 1. The van der Waals surface area contributed by atoms with Crippen LogP contribution in [0.1, 0.15) is 12.0 Å². The second-order valence-electron chi connectivity index (χ2n) is 3.55. The fourth-order valence-electron chi connectivity index (χ4n) is 1.48. The average Bonchev–Trinajstić information content (AvgIpc) is 2.28. The van der Waals surface area contributed by atoms with E-state index in [9.17, 15) is 0 Å². The number of rotatable bonds is 6. The smallest absolute Gasteiger partial charge is 0.0477 e. The summed E-state index contributed by atoms with van der Waals surface area (Å²) in [5.74, 6) is 5.47. The third-order valence-corrected chi connectivity index (χ3v) is 3.13. The number of hydrogen-bond donors (Lipinski definition) is 2. The van der Waals surface area contributed by atoms with E-state index < -0.39 is 0 Å². The van der Waals surface area contributed by atoms with Crippen molar-refractivity contribution in [3.05, 3.63) is 33.8 Å². The summed E-state index contributed by atoms with van der Waals surface area (Å²) < 4.78 is 5.01. The lowest BCUT2D eigenvalue weighted by Gasteiger charge is -2.17. The molecule has 0 spiro atoms. The van der Waals surface area contributed by atoms with Crippen LogP contribution in [0.4, 0.5) is 0 Å². The Labute approximate surface area is 106 Å². The van der Waals surface area contributed by atoms with Crippen molar-refractivity contribution in [3.63, 3.8) is 0 Å². The maximum atomic E-state index is 6.08. The Morgan fingerprint density at radius 3 is 2.50 bits per heavy atom. The molecule has 0 radical (unpaired) electrons. The minimum absolute atomic E-state index is 0.109. The Balaban J connectivity index is 2.69. The molecule has 0 bridgehead atoms. The lowest BCUT2D eigenvalue weighted by atomic mass is 10.0. The Morgan fingerprint density at radius 2 is 2.00 bits per heavy atom. The van der Waals surface area contributed by atoms with E-state index in [2.05, 4.69) is 5.43 Å². The van der Waals surface area contributed by atoms with Crippen LogP contribution in [0.2, 0.25) is 10.0 Å². The molecule has 0 aliphatic carbocycles. The van der Waals surface area contributed by atoms with Crippen LogP contribution in [0.5, 0.6) is 0 Å². The molecule has 1 unspecified atom stereocenters. The molecule has 1 rings (SSSR count). The van der Waals surface area contributed by atoms with Gasteiger partial charge in [0.2, 0.25) is 0 Å². The van der Waals surface area contributed by atoms with Gasteiger partial charge in [0.25, 0.3) is 0 Å². The van der Waals surface area contributed by atoms with E-state index in [4.69, 9.17) is 33.8 Å². The fourth-order valence-corrected chi connectivity index (χ4v) is 2.03. The van der Waals surface area contributed by atoms with Crippen molar-refractivity contribution in [2.75, 3.05) is 13.7 Å². The second kappa shape index (κ2) is 7.09. The molecule has 0 aliphatic rings. The Hall–Kier alpha value is -0.320. The summed E-state index contributed by atoms with van der Waals surface area (Å²) in [6, 6.07) is 5.59. The van der Waals surface area contributed by atoms with Gasteiger partial charge in [0.1, 0.15) is 0 Å². The maximum Gasteiger partial charge on any atom is 0.0477 e. The minimum Gasteiger partial charge on any atom is -0.385 e. The molecule has 16 heavy (non-hydrogen) atoms. The van der Waals surface area contributed by atoms with E-state index in [1.165, 1.54) is 0 Å². The molecule has 0 saturated heterocycles. The molecule has 5 heteroatoms. The highest BCUT2D eigenvalue weighted by molar-refractivity contribution is 6.35. The number of methoxy groups -OCH3 is 1. The number of halogens is 2. The molecular weight excluding hydrogens is 247 g/mol. The molecule has 0 amide bonds. The van der Waals surface area contributed by atoms with E-state index in [-0.39, 0.29) is 6.04 Å². The van der Waals surface area contributed by atoms with Crippen molar-refractivity contribution in [1.82, 2.24) is 5.43 Å². The van der Waals surface area contributed by atoms with Gasteiger partial charge in [-0.2, -0.15) is 0 Å². The van der Waals surface area contributed by atoms with Gasteiger partial charge in [-0.1, -0.05) is 29.3 Å². The van der Waals surface area contributed by atoms with Crippen LogP contribution in [-0.4, -0.2) is 19.8 Å². The predicted molar refractivity (Wildman–Crippen MR) is 67.8 cm³/mol. The van der Waals surface area contributed by atoms with E-state index in [1.807, 2.05) is 18.2 Å². The van der Waals surface area contributed by atoms with Crippen molar-refractivity contribution in [2.45, 2.75) is 18.9 Å². The van der Waals surface area contributed by atoms with Crippen LogP contribution in [0, 0.1) is 0 Å². The van der Waals surface area contributed by atoms with Crippen LogP contribution < -0.4 is 11.3 Å². The average molecular weight is 263 g/mol. The van der Waals surface area contributed by atoms with Crippen molar-refractivity contribution in [3.8, 4) is 0 Å². The summed E-state index contributed by atoms with van der Waals surface area (Å²) in [7, 11) is 1.66. The zero-order valence-corrected chi connectivity index (χ0v) is 10.7. The largest absolute Gasteiger partial charge is 0.385 e. The van der Waals surface area contributed by atoms with Crippen molar-refractivity contribution in [1.29, 1.82) is 0 Å². The highest BCUT2D eigenvalue weighted by Gasteiger charge is 2.12. The van der Waals surface area contributed by atoms with E-state index in [1.54, 1.807) is 7.11 Å². The minimum atomic E-state index is 0.109. The van der Waals surface area contributed by atoms with Crippen LogP contribution in [0.3, 0.4) is 0 Å². The first-order chi connectivity index (χ1) is 7.69. The molecule has 0 fully saturated rings. The highest BCUT2D eigenvalue weighted by Crippen LogP contribution is 2.25. The van der Waals surface area contributed by atoms with Gasteiger partial charge in [0.05, 0.1) is 0 Å². The first-order valence-electron chi connectivity index (χ1n) is 5.07. The molecule has 3 N–H and O–H groups in total. The van der Waals surface area contributed by atoms with Gasteiger partial charge in [-0.3, -0.25) is 11.3 Å². The van der Waals surface area contributed by atoms with Crippen LogP contribution >= 0.6 is 23.2 Å². The molecule has 0 heterocycles. The van der Waals surface area contributed by atoms with E-state index in [0.717, 1.165) is 12.0 Å². The third-order valence-electron chi connectivity index (χ3n) is 2.42. The normalized spacial score (nSPS) is 12.8. The number of benzene rings is 1. The Morgan fingerprint density at radius 1 is 1.38 bits per heavy atom. The van der Waals surface area contributed by atoms with Crippen molar-refractivity contribution in [2.24, 2.45) is 5.84 Å². The lowest BCUT2D eigenvalue weighted by Crippen LogP contribution is -2.37. The lowest BCUT2D eigenvalue weighted by molar-refractivity contribution is 0.182. The Kier molecular flexibility index (Phi) is 6.09. The molecule has 1 aromatic rings. The zero-order valence-electron chi connectivity index (χ0n) is 9.17. The number of ether oxygens (including phenoxy) is 1. The molecule has 3 nitrogen and oxygen atoms in total. The van der Waals surface area contributed by atoms with Gasteiger partial charge < -0.3 is 4.74 Å². The number of hydrazine groups is 1. The number of nitrogens with one attached hydrogen (secondary N) is 1. The van der Waals surface area contributed by atoms with E-state index >= 15 is 0 Å². The molecule has 0 aliphatic heterocycles. The summed E-state index contributed by atoms with van der Waals surface area (Å²) in [5.41, 5.74) is 3.66. The number of hydrogen-bond acceptors (Lipinski definition) is 3. The third kappa shape index (κ3) is 3.92. The molecule has 0 aromatic heterocycles. The van der Waals surface area contributed by atoms with E-state index in [0.29, 0.717) is 23.1 Å². The van der Waals surface area contributed by atoms with Gasteiger partial charge in [0.15, 0.2) is 0 Å². The van der Waals surface area contributed by atoms with Crippen LogP contribution in [0.25, 0.3) is 0 Å². The highest BCUT2D eigenvalue weighted by atomic mass is 35.5. The molecular formula is C11H16Cl2N2O. The van der Waals surface area contributed by atoms with Crippen molar-refractivity contribution >= 4 is 23.2 Å². The topological polar surface area (TPSA) is 47.3 Å². The standard InChI is InChI=1S/C11H16Cl2N2O/c1-16-6-5-8(15-14)7-9-10(12)3-2-4-11(9)13/h2-4,8,15H,5-7,14H2,1H3. The SMILES string of the molecule is COCCC(Cc1c(Cl)cccc1Cl)NN. The van der Waals surface area contributed by atoms with Gasteiger partial charge in [-0.15, -0.1) is 0 Å². The predicted octanol–water partition coefficient (Wildman–Crippen LogP) is 2.40. The molecule has 1 atom stereocenters. The summed E-state index contributed by atoms with van der Waals surface area (Å²) in [4.78, 5) is 0. The molecule has 1 aromatic carbocycles. The first kappa shape index (κ1) is 13.7. The van der Waals surface area contributed by atoms with Gasteiger partial charge >= 0.3 is 0 Å². The second-order valence-corrected chi connectivity index (χ2v) is 4.36. The molecule has 0 saturated carbocycles. The quantitative estimate of drug-likeness (QED) is 0.612. The van der Waals surface area contributed by atoms with Gasteiger partial charge in [-0.05, 0) is 30.5 Å². The van der Waals surface area contributed by atoms with Crippen LogP contribution in [-0.2, 0) is 11.2 Å². The summed E-state index contributed by atoms with van der Waals surface area (Å²) >= 11 is 12.2. The van der Waals surface area contributed by atoms with Crippen LogP contribution in [0.15, 0.2) is 18.2 Å². The monoisotopic (exact) mass is 262 g/mol. The first-order valence-corrected chi connectivity index (χ1v) is 5.82. The van der Waals surface area contributed by atoms with Crippen molar-refractivity contribution < 1.29 is 4.74 Å². The zero-order chi connectivity index (χ0) is 12.0. The van der Waals surface area contributed by atoms with Gasteiger partial charge in [0, 0.05) is 29.8 Å². The fraction of sp³-hybridized carbons (Fsp3) is 0.455. The molecule has 90 valence electrons. The summed E-state index contributed by atoms with van der Waals surface area (Å²) in [6.45, 7) is 0.650. The van der Waals surface area contributed by atoms with Gasteiger partial charge in [-0.25, -0.2) is 0 Å². The summed E-state index contributed by atoms with van der Waals surface area (Å²) in [6.07, 6.45) is 1.51. The Bertz CT molecular complexity index is 314.